The van der Waals surface area contributed by atoms with Crippen LogP contribution in [0.2, 0.25) is 0 Å². The number of carboxylic acid groups (broad SMARTS) is 1. The standard InChI is InChI=1S/C13H21NO3/c1-8(2)11-5-3-4-6-14(11)12(15)9-7-10(9)13(16)17/h8-11H,3-7H2,1-2H3,(H,16,17). The number of carboxylic acids is 1. The Morgan fingerprint density at radius 3 is 2.47 bits per heavy atom. The van der Waals surface area contributed by atoms with E-state index in [1.54, 1.807) is 0 Å². The first-order chi connectivity index (χ1) is 8.02. The van der Waals surface area contributed by atoms with Gasteiger partial charge in [-0.05, 0) is 31.6 Å². The van der Waals surface area contributed by atoms with Crippen molar-refractivity contribution in [3.05, 3.63) is 0 Å². The minimum absolute atomic E-state index is 0.0794. The summed E-state index contributed by atoms with van der Waals surface area (Å²) in [4.78, 5) is 25.0. The van der Waals surface area contributed by atoms with Gasteiger partial charge in [-0.15, -0.1) is 0 Å². The van der Waals surface area contributed by atoms with Gasteiger partial charge in [-0.3, -0.25) is 9.59 Å². The average molecular weight is 239 g/mol. The molecule has 4 nitrogen and oxygen atoms in total. The molecule has 1 saturated heterocycles. The topological polar surface area (TPSA) is 57.6 Å². The number of carbonyl (C=O) groups excluding carboxylic acids is 1. The fourth-order valence-corrected chi connectivity index (χ4v) is 2.88. The maximum atomic E-state index is 12.3. The predicted octanol–water partition coefficient (Wildman–Crippen LogP) is 1.74. The van der Waals surface area contributed by atoms with Crippen LogP contribution in [-0.4, -0.2) is 34.5 Å². The lowest BCUT2D eigenvalue weighted by atomic mass is 9.92. The summed E-state index contributed by atoms with van der Waals surface area (Å²) >= 11 is 0. The van der Waals surface area contributed by atoms with Gasteiger partial charge in [0.15, 0.2) is 0 Å². The van der Waals surface area contributed by atoms with E-state index in [1.807, 2.05) is 4.90 Å². The summed E-state index contributed by atoms with van der Waals surface area (Å²) in [7, 11) is 0. The molecule has 17 heavy (non-hydrogen) atoms. The molecule has 3 unspecified atom stereocenters. The summed E-state index contributed by atoms with van der Waals surface area (Å²) in [6.45, 7) is 5.08. The highest BCUT2D eigenvalue weighted by Crippen LogP contribution is 2.41. The van der Waals surface area contributed by atoms with Gasteiger partial charge in [-0.25, -0.2) is 0 Å². The number of piperidine rings is 1. The molecule has 1 aliphatic heterocycles. The Hall–Kier alpha value is -1.06. The van der Waals surface area contributed by atoms with Gasteiger partial charge in [0, 0.05) is 12.6 Å². The third kappa shape index (κ3) is 2.45. The Balaban J connectivity index is 2.00. The van der Waals surface area contributed by atoms with E-state index in [9.17, 15) is 9.59 Å². The van der Waals surface area contributed by atoms with Crippen molar-refractivity contribution in [1.29, 1.82) is 0 Å². The van der Waals surface area contributed by atoms with Crippen LogP contribution in [0.5, 0.6) is 0 Å². The Labute approximate surface area is 102 Å². The van der Waals surface area contributed by atoms with E-state index >= 15 is 0 Å². The van der Waals surface area contributed by atoms with Crippen LogP contribution in [-0.2, 0) is 9.59 Å². The molecule has 0 bridgehead atoms. The average Bonchev–Trinajstić information content (AvgIpc) is 3.08. The fourth-order valence-electron chi connectivity index (χ4n) is 2.88. The van der Waals surface area contributed by atoms with E-state index in [0.29, 0.717) is 18.4 Å². The first kappa shape index (κ1) is 12.4. The first-order valence-electron chi connectivity index (χ1n) is 6.55. The highest BCUT2D eigenvalue weighted by atomic mass is 16.4. The zero-order valence-corrected chi connectivity index (χ0v) is 10.6. The lowest BCUT2D eigenvalue weighted by Gasteiger charge is -2.38. The minimum atomic E-state index is -0.818. The second-order valence-corrected chi connectivity index (χ2v) is 5.63. The monoisotopic (exact) mass is 239 g/mol. The van der Waals surface area contributed by atoms with Crippen LogP contribution in [0, 0.1) is 17.8 Å². The summed E-state index contributed by atoms with van der Waals surface area (Å²) in [5.41, 5.74) is 0. The third-order valence-corrected chi connectivity index (χ3v) is 4.03. The van der Waals surface area contributed by atoms with Crippen LogP contribution in [0.3, 0.4) is 0 Å². The molecule has 3 atom stereocenters. The smallest absolute Gasteiger partial charge is 0.307 e. The molecule has 2 rings (SSSR count). The van der Waals surface area contributed by atoms with E-state index in [0.717, 1.165) is 19.4 Å². The number of amides is 1. The van der Waals surface area contributed by atoms with Crippen molar-refractivity contribution >= 4 is 11.9 Å². The van der Waals surface area contributed by atoms with E-state index in [4.69, 9.17) is 5.11 Å². The van der Waals surface area contributed by atoms with E-state index in [-0.39, 0.29) is 11.8 Å². The van der Waals surface area contributed by atoms with Crippen LogP contribution < -0.4 is 0 Å². The van der Waals surface area contributed by atoms with Crippen LogP contribution in [0.25, 0.3) is 0 Å². The first-order valence-corrected chi connectivity index (χ1v) is 6.55. The van der Waals surface area contributed by atoms with Crippen molar-refractivity contribution in [2.45, 2.75) is 45.6 Å². The van der Waals surface area contributed by atoms with Gasteiger partial charge in [-0.2, -0.15) is 0 Å². The van der Waals surface area contributed by atoms with E-state index in [1.165, 1.54) is 6.42 Å². The molecule has 96 valence electrons. The van der Waals surface area contributed by atoms with Gasteiger partial charge in [-0.1, -0.05) is 13.8 Å². The summed E-state index contributed by atoms with van der Waals surface area (Å²) in [6, 6.07) is 0.311. The van der Waals surface area contributed by atoms with Crippen LogP contribution in [0.1, 0.15) is 39.5 Å². The quantitative estimate of drug-likeness (QED) is 0.816. The summed E-state index contributed by atoms with van der Waals surface area (Å²) in [5.74, 6) is -0.942. The number of carbonyl (C=O) groups is 2. The molecule has 1 heterocycles. The number of likely N-dealkylation sites (tertiary alicyclic amines) is 1. The molecular weight excluding hydrogens is 218 g/mol. The van der Waals surface area contributed by atoms with Crippen LogP contribution in [0.15, 0.2) is 0 Å². The molecule has 0 aromatic heterocycles. The van der Waals surface area contributed by atoms with Crippen molar-refractivity contribution in [2.24, 2.45) is 17.8 Å². The molecule has 0 radical (unpaired) electrons. The van der Waals surface area contributed by atoms with Crippen molar-refractivity contribution in [3.63, 3.8) is 0 Å². The molecule has 1 amide bonds. The van der Waals surface area contributed by atoms with Crippen LogP contribution in [0.4, 0.5) is 0 Å². The Kier molecular flexibility index (Phi) is 3.40. The molecule has 1 saturated carbocycles. The second-order valence-electron chi connectivity index (χ2n) is 5.63. The Morgan fingerprint density at radius 2 is 1.94 bits per heavy atom. The number of nitrogens with zero attached hydrogens (tertiary/aromatic N) is 1. The maximum Gasteiger partial charge on any atom is 0.307 e. The number of aliphatic carboxylic acids is 1. The van der Waals surface area contributed by atoms with E-state index in [2.05, 4.69) is 13.8 Å². The largest absolute Gasteiger partial charge is 0.481 e. The molecule has 2 aliphatic rings. The molecule has 0 spiro atoms. The summed E-state index contributed by atoms with van der Waals surface area (Å²) in [6.07, 6.45) is 3.84. The SMILES string of the molecule is CC(C)C1CCCCN1C(=O)C1CC1C(=O)O. The predicted molar refractivity (Wildman–Crippen MR) is 63.4 cm³/mol. The number of rotatable bonds is 3. The lowest BCUT2D eigenvalue weighted by Crippen LogP contribution is -2.47. The summed E-state index contributed by atoms with van der Waals surface area (Å²) < 4.78 is 0. The van der Waals surface area contributed by atoms with Gasteiger partial charge < -0.3 is 10.0 Å². The molecule has 2 fully saturated rings. The van der Waals surface area contributed by atoms with Crippen molar-refractivity contribution in [2.75, 3.05) is 6.54 Å². The Morgan fingerprint density at radius 1 is 1.24 bits per heavy atom. The molecular formula is C13H21NO3. The lowest BCUT2D eigenvalue weighted by molar-refractivity contribution is -0.143. The number of hydrogen-bond acceptors (Lipinski definition) is 2. The second kappa shape index (κ2) is 4.67. The molecule has 1 N–H and O–H groups in total. The molecule has 0 aromatic rings. The highest BCUT2D eigenvalue weighted by molar-refractivity contribution is 5.89. The van der Waals surface area contributed by atoms with Gasteiger partial charge in [0.1, 0.15) is 0 Å². The van der Waals surface area contributed by atoms with Crippen LogP contribution >= 0.6 is 0 Å². The highest BCUT2D eigenvalue weighted by Gasteiger charge is 2.50. The van der Waals surface area contributed by atoms with Crippen molar-refractivity contribution in [1.82, 2.24) is 4.90 Å². The molecule has 4 heteroatoms. The fraction of sp³-hybridized carbons (Fsp3) is 0.846. The minimum Gasteiger partial charge on any atom is -0.481 e. The summed E-state index contributed by atoms with van der Waals surface area (Å²) in [5, 5.41) is 8.88. The maximum absolute atomic E-state index is 12.3. The van der Waals surface area contributed by atoms with Gasteiger partial charge in [0.2, 0.25) is 5.91 Å². The third-order valence-electron chi connectivity index (χ3n) is 4.03. The van der Waals surface area contributed by atoms with Gasteiger partial charge in [0.25, 0.3) is 0 Å². The Bertz CT molecular complexity index is 327. The van der Waals surface area contributed by atoms with E-state index < -0.39 is 11.9 Å². The molecule has 0 aromatic carbocycles. The van der Waals surface area contributed by atoms with Gasteiger partial charge in [0.05, 0.1) is 11.8 Å². The van der Waals surface area contributed by atoms with Gasteiger partial charge >= 0.3 is 5.97 Å². The normalized spacial score (nSPS) is 32.6. The zero-order chi connectivity index (χ0) is 12.6. The molecule has 1 aliphatic carbocycles. The number of hydrogen-bond donors (Lipinski definition) is 1. The zero-order valence-electron chi connectivity index (χ0n) is 10.6. The van der Waals surface area contributed by atoms with Crippen molar-refractivity contribution < 1.29 is 14.7 Å². The van der Waals surface area contributed by atoms with Crippen molar-refractivity contribution in [3.8, 4) is 0 Å².